The Labute approximate surface area is 135 Å². The van der Waals surface area contributed by atoms with Gasteiger partial charge in [0, 0.05) is 17.7 Å². The number of nitrogens with one attached hydrogen (secondary N) is 1. The summed E-state index contributed by atoms with van der Waals surface area (Å²) in [5, 5.41) is 8.35. The van der Waals surface area contributed by atoms with E-state index in [2.05, 4.69) is 42.6 Å². The summed E-state index contributed by atoms with van der Waals surface area (Å²) in [6.07, 6.45) is 0.981. The lowest BCUT2D eigenvalue weighted by Gasteiger charge is -2.08. The molecule has 2 aromatic carbocycles. The van der Waals surface area contributed by atoms with Gasteiger partial charge in [0.2, 0.25) is 0 Å². The molecule has 1 aliphatic rings. The fourth-order valence-electron chi connectivity index (χ4n) is 3.10. The van der Waals surface area contributed by atoms with Crippen LogP contribution in [0.15, 0.2) is 48.5 Å². The van der Waals surface area contributed by atoms with Crippen molar-refractivity contribution in [1.82, 2.24) is 9.78 Å². The van der Waals surface area contributed by atoms with E-state index >= 15 is 0 Å². The van der Waals surface area contributed by atoms with E-state index in [-0.39, 0.29) is 0 Å². The first-order chi connectivity index (χ1) is 11.3. The molecular formula is C19H19N3O. The molecule has 0 unspecified atom stereocenters. The van der Waals surface area contributed by atoms with Crippen molar-refractivity contribution in [3.63, 3.8) is 0 Å². The maximum absolute atomic E-state index is 5.52. The molecule has 0 bridgehead atoms. The topological polar surface area (TPSA) is 39.1 Å². The summed E-state index contributed by atoms with van der Waals surface area (Å²) in [4.78, 5) is 0. The summed E-state index contributed by atoms with van der Waals surface area (Å²) in [5.41, 5.74) is 5.62. The van der Waals surface area contributed by atoms with Gasteiger partial charge in [-0.3, -0.25) is 0 Å². The highest BCUT2D eigenvalue weighted by Gasteiger charge is 2.25. The van der Waals surface area contributed by atoms with E-state index in [1.54, 1.807) is 7.11 Å². The lowest BCUT2D eigenvalue weighted by molar-refractivity contribution is 0.416. The molecule has 0 aliphatic carbocycles. The van der Waals surface area contributed by atoms with E-state index in [1.165, 1.54) is 11.1 Å². The zero-order valence-corrected chi connectivity index (χ0v) is 13.3. The number of fused-ring (bicyclic) bond motifs is 1. The standard InChI is InChI=1S/C19H19N3O/c1-13-7-9-14(10-8-13)22-19-16(11-12-20-19)18(21-22)15-5-3-4-6-17(15)23-2/h3-10,20H,11-12H2,1-2H3. The molecule has 1 N–H and O–H groups in total. The van der Waals surface area contributed by atoms with Gasteiger partial charge in [0.25, 0.3) is 0 Å². The van der Waals surface area contributed by atoms with Crippen molar-refractivity contribution in [2.45, 2.75) is 13.3 Å². The van der Waals surface area contributed by atoms with Crippen LogP contribution < -0.4 is 10.1 Å². The first kappa shape index (κ1) is 13.9. The summed E-state index contributed by atoms with van der Waals surface area (Å²) in [7, 11) is 1.70. The Balaban J connectivity index is 1.90. The Bertz CT molecular complexity index is 850. The zero-order valence-electron chi connectivity index (χ0n) is 13.3. The molecule has 2 heterocycles. The molecule has 0 saturated carbocycles. The van der Waals surface area contributed by atoms with Crippen LogP contribution in [0.5, 0.6) is 5.75 Å². The minimum atomic E-state index is 0.857. The van der Waals surface area contributed by atoms with Gasteiger partial charge >= 0.3 is 0 Å². The van der Waals surface area contributed by atoms with E-state index in [9.17, 15) is 0 Å². The fourth-order valence-corrected chi connectivity index (χ4v) is 3.10. The second-order valence-corrected chi connectivity index (χ2v) is 5.80. The van der Waals surface area contributed by atoms with Crippen LogP contribution in [0.1, 0.15) is 11.1 Å². The Morgan fingerprint density at radius 1 is 1.09 bits per heavy atom. The van der Waals surface area contributed by atoms with Gasteiger partial charge in [0.1, 0.15) is 17.3 Å². The molecule has 0 atom stereocenters. The van der Waals surface area contributed by atoms with Gasteiger partial charge in [0.05, 0.1) is 12.8 Å². The Kier molecular flexibility index (Phi) is 3.30. The van der Waals surface area contributed by atoms with Crippen LogP contribution in [0.25, 0.3) is 16.9 Å². The van der Waals surface area contributed by atoms with Gasteiger partial charge in [-0.25, -0.2) is 4.68 Å². The van der Waals surface area contributed by atoms with Gasteiger partial charge in [-0.2, -0.15) is 5.10 Å². The third kappa shape index (κ3) is 2.27. The third-order valence-electron chi connectivity index (χ3n) is 4.29. The highest BCUT2D eigenvalue weighted by Crippen LogP contribution is 2.38. The van der Waals surface area contributed by atoms with E-state index in [1.807, 2.05) is 22.9 Å². The predicted molar refractivity (Wildman–Crippen MR) is 92.5 cm³/mol. The molecule has 0 spiro atoms. The molecule has 0 fully saturated rings. The van der Waals surface area contributed by atoms with Crippen molar-refractivity contribution in [2.75, 3.05) is 19.0 Å². The number of aromatic nitrogens is 2. The largest absolute Gasteiger partial charge is 0.496 e. The van der Waals surface area contributed by atoms with Crippen LogP contribution in [0.2, 0.25) is 0 Å². The van der Waals surface area contributed by atoms with Gasteiger partial charge in [-0.05, 0) is 37.6 Å². The van der Waals surface area contributed by atoms with Crippen molar-refractivity contribution >= 4 is 5.82 Å². The van der Waals surface area contributed by atoms with Crippen molar-refractivity contribution in [3.8, 4) is 22.7 Å². The normalized spacial score (nSPS) is 12.8. The van der Waals surface area contributed by atoms with E-state index < -0.39 is 0 Å². The first-order valence-electron chi connectivity index (χ1n) is 7.84. The molecule has 3 aromatic rings. The minimum Gasteiger partial charge on any atom is -0.496 e. The van der Waals surface area contributed by atoms with Crippen LogP contribution in [0.3, 0.4) is 0 Å². The van der Waals surface area contributed by atoms with Crippen LogP contribution in [0.4, 0.5) is 5.82 Å². The monoisotopic (exact) mass is 305 g/mol. The quantitative estimate of drug-likeness (QED) is 0.799. The number of aryl methyl sites for hydroxylation is 1. The Morgan fingerprint density at radius 3 is 2.65 bits per heavy atom. The summed E-state index contributed by atoms with van der Waals surface area (Å²) in [5.74, 6) is 1.95. The lowest BCUT2D eigenvalue weighted by atomic mass is 10.1. The minimum absolute atomic E-state index is 0.857. The summed E-state index contributed by atoms with van der Waals surface area (Å²) in [6.45, 7) is 3.04. The maximum atomic E-state index is 5.52. The average molecular weight is 305 g/mol. The predicted octanol–water partition coefficient (Wildman–Crippen LogP) is 3.82. The van der Waals surface area contributed by atoms with Crippen LogP contribution in [-0.4, -0.2) is 23.4 Å². The summed E-state index contributed by atoms with van der Waals surface area (Å²) < 4.78 is 7.52. The number of benzene rings is 2. The fraction of sp³-hybridized carbons (Fsp3) is 0.211. The molecule has 0 saturated heterocycles. The van der Waals surface area contributed by atoms with Crippen molar-refractivity contribution in [1.29, 1.82) is 0 Å². The van der Waals surface area contributed by atoms with E-state index in [0.29, 0.717) is 0 Å². The van der Waals surface area contributed by atoms with Gasteiger partial charge in [-0.15, -0.1) is 0 Å². The smallest absolute Gasteiger partial charge is 0.133 e. The Hall–Kier alpha value is -2.75. The van der Waals surface area contributed by atoms with Gasteiger partial charge < -0.3 is 10.1 Å². The Morgan fingerprint density at radius 2 is 1.87 bits per heavy atom. The van der Waals surface area contributed by atoms with E-state index in [4.69, 9.17) is 9.84 Å². The average Bonchev–Trinajstić information content (AvgIpc) is 3.18. The van der Waals surface area contributed by atoms with Crippen LogP contribution in [-0.2, 0) is 6.42 Å². The number of nitrogens with zero attached hydrogens (tertiary/aromatic N) is 2. The van der Waals surface area contributed by atoms with Crippen LogP contribution in [0, 0.1) is 6.92 Å². The van der Waals surface area contributed by atoms with Gasteiger partial charge in [-0.1, -0.05) is 29.8 Å². The van der Waals surface area contributed by atoms with Crippen LogP contribution >= 0.6 is 0 Å². The highest BCUT2D eigenvalue weighted by molar-refractivity contribution is 5.76. The number of ether oxygens (including phenoxy) is 1. The first-order valence-corrected chi connectivity index (χ1v) is 7.84. The molecule has 23 heavy (non-hydrogen) atoms. The molecule has 116 valence electrons. The van der Waals surface area contributed by atoms with Crippen molar-refractivity contribution in [2.24, 2.45) is 0 Å². The molecule has 4 heteroatoms. The second-order valence-electron chi connectivity index (χ2n) is 5.80. The second kappa shape index (κ2) is 5.47. The summed E-state index contributed by atoms with van der Waals surface area (Å²) >= 11 is 0. The molecule has 1 aromatic heterocycles. The van der Waals surface area contributed by atoms with E-state index in [0.717, 1.165) is 41.5 Å². The maximum Gasteiger partial charge on any atom is 0.133 e. The molecule has 1 aliphatic heterocycles. The SMILES string of the molecule is COc1ccccc1-c1nn(-c2ccc(C)cc2)c2c1CCN2. The molecular weight excluding hydrogens is 286 g/mol. The number of para-hydroxylation sites is 1. The number of hydrogen-bond donors (Lipinski definition) is 1. The number of anilines is 1. The molecule has 0 radical (unpaired) electrons. The van der Waals surface area contributed by atoms with Crippen molar-refractivity contribution < 1.29 is 4.74 Å². The summed E-state index contributed by atoms with van der Waals surface area (Å²) in [6, 6.07) is 16.5. The molecule has 4 rings (SSSR count). The molecule has 0 amide bonds. The highest BCUT2D eigenvalue weighted by atomic mass is 16.5. The number of methoxy groups -OCH3 is 1. The third-order valence-corrected chi connectivity index (χ3v) is 4.29. The number of hydrogen-bond acceptors (Lipinski definition) is 3. The molecule has 4 nitrogen and oxygen atoms in total. The van der Waals surface area contributed by atoms with Crippen molar-refractivity contribution in [3.05, 3.63) is 59.7 Å². The lowest BCUT2D eigenvalue weighted by Crippen LogP contribution is -2.04. The zero-order chi connectivity index (χ0) is 15.8. The van der Waals surface area contributed by atoms with Gasteiger partial charge in [0.15, 0.2) is 0 Å². The number of rotatable bonds is 3.